The number of aliphatic carboxylic acids is 1. The number of aromatic nitrogens is 3. The topological polar surface area (TPSA) is 127 Å². The highest BCUT2D eigenvalue weighted by molar-refractivity contribution is 6.02. The first-order valence-electron chi connectivity index (χ1n) is 10.7. The van der Waals surface area contributed by atoms with E-state index in [-0.39, 0.29) is 23.1 Å². The molecule has 2 heterocycles. The summed E-state index contributed by atoms with van der Waals surface area (Å²) in [6, 6.07) is 8.73. The first-order valence-corrected chi connectivity index (χ1v) is 10.7. The number of carboxylic acid groups (broad SMARTS) is 1. The van der Waals surface area contributed by atoms with Crippen molar-refractivity contribution >= 4 is 23.1 Å². The highest BCUT2D eigenvalue weighted by atomic mass is 16.4. The number of carbonyl (C=O) groups excluding carboxylic acids is 1. The van der Waals surface area contributed by atoms with Gasteiger partial charge in [-0.3, -0.25) is 19.0 Å². The minimum atomic E-state index is -1.21. The van der Waals surface area contributed by atoms with E-state index in [1.54, 1.807) is 30.3 Å². The zero-order valence-corrected chi connectivity index (χ0v) is 18.4. The van der Waals surface area contributed by atoms with Gasteiger partial charge in [-0.2, -0.15) is 0 Å². The fourth-order valence-electron chi connectivity index (χ4n) is 3.46. The maximum atomic E-state index is 13.0. The zero-order chi connectivity index (χ0) is 24.1. The number of nitrogens with one attached hydrogen (secondary N) is 1. The Kier molecular flexibility index (Phi) is 6.63. The molecule has 0 spiro atoms. The van der Waals surface area contributed by atoms with E-state index in [2.05, 4.69) is 22.2 Å². The molecule has 34 heavy (non-hydrogen) atoms. The molecule has 0 aliphatic heterocycles. The Bertz CT molecular complexity index is 1380. The van der Waals surface area contributed by atoms with Gasteiger partial charge in [0.15, 0.2) is 5.69 Å². The second-order valence-corrected chi connectivity index (χ2v) is 7.54. The third-order valence-electron chi connectivity index (χ3n) is 5.25. The SMILES string of the molecule is CCC1=CC=CC(c2nc(C(=O)Nc3cnc(-c4ccccc4)n(CC(=O)O)c3=O)co2)=CC1. The molecule has 0 unspecified atom stereocenters. The van der Waals surface area contributed by atoms with Gasteiger partial charge in [0.1, 0.15) is 24.3 Å². The van der Waals surface area contributed by atoms with Crippen LogP contribution in [0.5, 0.6) is 0 Å². The largest absolute Gasteiger partial charge is 0.480 e. The molecule has 0 atom stereocenters. The van der Waals surface area contributed by atoms with Crippen LogP contribution in [0.3, 0.4) is 0 Å². The fourth-order valence-corrected chi connectivity index (χ4v) is 3.46. The van der Waals surface area contributed by atoms with Crippen molar-refractivity contribution in [3.8, 4) is 11.4 Å². The summed E-state index contributed by atoms with van der Waals surface area (Å²) in [5, 5.41) is 11.7. The number of carbonyl (C=O) groups is 2. The summed E-state index contributed by atoms with van der Waals surface area (Å²) in [6.45, 7) is 1.47. The summed E-state index contributed by atoms with van der Waals surface area (Å²) in [7, 11) is 0. The Morgan fingerprint density at radius 2 is 2.03 bits per heavy atom. The van der Waals surface area contributed by atoms with Crippen LogP contribution in [-0.2, 0) is 11.3 Å². The molecule has 172 valence electrons. The standard InChI is InChI=1S/C25H22N4O5/c1-2-16-7-6-10-18(12-11-16)24-28-20(15-34-24)23(32)27-19-13-26-22(17-8-4-3-5-9-17)29(25(19)33)14-21(30)31/h3-10,12-13,15H,2,11,14H2,1H3,(H,27,32)(H,30,31). The smallest absolute Gasteiger partial charge is 0.323 e. The Hall–Kier alpha value is -4.53. The van der Waals surface area contributed by atoms with Crippen LogP contribution in [0.2, 0.25) is 0 Å². The van der Waals surface area contributed by atoms with Crippen LogP contribution < -0.4 is 10.9 Å². The molecule has 1 aliphatic carbocycles. The molecule has 0 fully saturated rings. The Labute approximate surface area is 194 Å². The minimum absolute atomic E-state index is 0.0199. The van der Waals surface area contributed by atoms with Crippen LogP contribution in [0.15, 0.2) is 81.9 Å². The maximum absolute atomic E-state index is 13.0. The van der Waals surface area contributed by atoms with Crippen LogP contribution in [0, 0.1) is 0 Å². The molecule has 0 saturated carbocycles. The number of oxazole rings is 1. The van der Waals surface area contributed by atoms with Crippen molar-refractivity contribution in [2.75, 3.05) is 5.32 Å². The Balaban J connectivity index is 1.59. The summed E-state index contributed by atoms with van der Waals surface area (Å²) in [5.41, 5.74) is 1.71. The summed E-state index contributed by atoms with van der Waals surface area (Å²) in [4.78, 5) is 45.6. The van der Waals surface area contributed by atoms with Crippen molar-refractivity contribution in [1.82, 2.24) is 14.5 Å². The molecular weight excluding hydrogens is 436 g/mol. The lowest BCUT2D eigenvalue weighted by Crippen LogP contribution is -2.30. The van der Waals surface area contributed by atoms with E-state index in [0.717, 1.165) is 23.0 Å². The predicted octanol–water partition coefficient (Wildman–Crippen LogP) is 3.91. The third kappa shape index (κ3) is 4.93. The molecule has 9 heteroatoms. The van der Waals surface area contributed by atoms with Crippen LogP contribution >= 0.6 is 0 Å². The van der Waals surface area contributed by atoms with Gasteiger partial charge in [0.05, 0.1) is 6.20 Å². The van der Waals surface area contributed by atoms with E-state index in [9.17, 15) is 19.5 Å². The van der Waals surface area contributed by atoms with Gasteiger partial charge in [-0.25, -0.2) is 9.97 Å². The summed E-state index contributed by atoms with van der Waals surface area (Å²) in [6.07, 6.45) is 11.9. The molecule has 1 aromatic carbocycles. The molecule has 4 rings (SSSR count). The molecule has 0 bridgehead atoms. The van der Waals surface area contributed by atoms with Crippen LogP contribution in [0.4, 0.5) is 5.69 Å². The summed E-state index contributed by atoms with van der Waals surface area (Å²) in [5.74, 6) is -1.42. The number of hydrogen-bond donors (Lipinski definition) is 2. The van der Waals surface area contributed by atoms with Gasteiger partial charge < -0.3 is 14.8 Å². The van der Waals surface area contributed by atoms with E-state index in [1.165, 1.54) is 18.0 Å². The van der Waals surface area contributed by atoms with E-state index in [1.807, 2.05) is 24.3 Å². The first kappa shape index (κ1) is 22.7. The molecule has 2 aromatic heterocycles. The van der Waals surface area contributed by atoms with Crippen LogP contribution in [-0.4, -0.2) is 31.5 Å². The van der Waals surface area contributed by atoms with Gasteiger partial charge in [0, 0.05) is 11.1 Å². The number of anilines is 1. The first-order chi connectivity index (χ1) is 16.5. The lowest BCUT2D eigenvalue weighted by molar-refractivity contribution is -0.137. The highest BCUT2D eigenvalue weighted by Crippen LogP contribution is 2.22. The van der Waals surface area contributed by atoms with Crippen LogP contribution in [0.25, 0.3) is 17.0 Å². The van der Waals surface area contributed by atoms with Crippen molar-refractivity contribution < 1.29 is 19.1 Å². The van der Waals surface area contributed by atoms with Gasteiger partial charge >= 0.3 is 5.97 Å². The number of allylic oxidation sites excluding steroid dienone is 6. The highest BCUT2D eigenvalue weighted by Gasteiger charge is 2.19. The van der Waals surface area contributed by atoms with Crippen molar-refractivity contribution in [2.45, 2.75) is 26.3 Å². The summed E-state index contributed by atoms with van der Waals surface area (Å²) >= 11 is 0. The summed E-state index contributed by atoms with van der Waals surface area (Å²) < 4.78 is 6.48. The Morgan fingerprint density at radius 3 is 2.76 bits per heavy atom. The molecule has 1 aliphatic rings. The lowest BCUT2D eigenvalue weighted by atomic mass is 10.1. The normalized spacial score (nSPS) is 13.1. The lowest BCUT2D eigenvalue weighted by Gasteiger charge is -2.12. The van der Waals surface area contributed by atoms with Gasteiger partial charge in [-0.15, -0.1) is 0 Å². The number of carboxylic acids is 1. The molecular formula is C25H22N4O5. The van der Waals surface area contributed by atoms with Gasteiger partial charge in [-0.05, 0) is 18.9 Å². The number of benzene rings is 1. The van der Waals surface area contributed by atoms with Gasteiger partial charge in [0.2, 0.25) is 5.89 Å². The molecule has 3 aromatic rings. The van der Waals surface area contributed by atoms with Crippen molar-refractivity contribution in [3.63, 3.8) is 0 Å². The molecule has 9 nitrogen and oxygen atoms in total. The Morgan fingerprint density at radius 1 is 1.24 bits per heavy atom. The second-order valence-electron chi connectivity index (χ2n) is 7.54. The van der Waals surface area contributed by atoms with E-state index in [0.29, 0.717) is 5.56 Å². The van der Waals surface area contributed by atoms with Crippen molar-refractivity contribution in [1.29, 1.82) is 0 Å². The monoisotopic (exact) mass is 458 g/mol. The number of rotatable bonds is 7. The minimum Gasteiger partial charge on any atom is -0.480 e. The number of amides is 1. The number of hydrogen-bond acceptors (Lipinski definition) is 6. The molecule has 2 N–H and O–H groups in total. The number of nitrogens with zero attached hydrogens (tertiary/aromatic N) is 3. The maximum Gasteiger partial charge on any atom is 0.323 e. The molecule has 1 amide bonds. The van der Waals surface area contributed by atoms with Crippen molar-refractivity contribution in [3.05, 3.63) is 94.6 Å². The third-order valence-corrected chi connectivity index (χ3v) is 5.25. The predicted molar refractivity (Wildman–Crippen MR) is 126 cm³/mol. The quantitative estimate of drug-likeness (QED) is 0.549. The average Bonchev–Trinajstić information content (AvgIpc) is 3.21. The van der Waals surface area contributed by atoms with E-state index in [4.69, 9.17) is 4.42 Å². The zero-order valence-electron chi connectivity index (χ0n) is 18.4. The van der Waals surface area contributed by atoms with Crippen molar-refractivity contribution in [2.24, 2.45) is 0 Å². The van der Waals surface area contributed by atoms with Gasteiger partial charge in [-0.1, -0.05) is 61.1 Å². The van der Waals surface area contributed by atoms with Crippen LogP contribution in [0.1, 0.15) is 36.1 Å². The van der Waals surface area contributed by atoms with E-state index < -0.39 is 24.0 Å². The average molecular weight is 458 g/mol. The van der Waals surface area contributed by atoms with E-state index >= 15 is 0 Å². The second kappa shape index (κ2) is 9.95. The molecule has 0 radical (unpaired) electrons. The van der Waals surface area contributed by atoms with Gasteiger partial charge in [0.25, 0.3) is 11.5 Å². The molecule has 0 saturated heterocycles. The fraction of sp³-hybridized carbons (Fsp3) is 0.160.